The summed E-state index contributed by atoms with van der Waals surface area (Å²) in [6.45, 7) is 4.90. The van der Waals surface area contributed by atoms with Gasteiger partial charge in [0.2, 0.25) is 0 Å². The van der Waals surface area contributed by atoms with Crippen molar-refractivity contribution in [1.82, 2.24) is 4.90 Å². The number of ether oxygens (including phenoxy) is 1. The lowest BCUT2D eigenvalue weighted by Gasteiger charge is -2.31. The van der Waals surface area contributed by atoms with E-state index in [0.717, 1.165) is 53.2 Å². The standard InChI is InChI=1S/C20H25ClN2O2S.ClH/c1-14-12-18(26-19(14)15-4-2-5-16(21)13-15)20(24)23-9-6-17(7-10-23)25-11-3-8-22;/h2,4-5,12-13,17H,3,6-11,22H2,1H3;1H. The Balaban J connectivity index is 0.00000261. The Hall–Kier alpha value is -1.11. The van der Waals surface area contributed by atoms with E-state index in [1.165, 1.54) is 0 Å². The monoisotopic (exact) mass is 428 g/mol. The van der Waals surface area contributed by atoms with E-state index in [1.54, 1.807) is 11.3 Å². The Morgan fingerprint density at radius 1 is 1.33 bits per heavy atom. The normalized spacial score (nSPS) is 14.9. The molecule has 1 aliphatic rings. The molecule has 1 fully saturated rings. The topological polar surface area (TPSA) is 55.6 Å². The molecule has 1 aromatic heterocycles. The molecule has 1 saturated heterocycles. The van der Waals surface area contributed by atoms with E-state index in [0.29, 0.717) is 18.2 Å². The van der Waals surface area contributed by atoms with Crippen LogP contribution in [0.4, 0.5) is 0 Å². The SMILES string of the molecule is Cc1cc(C(=O)N2CCC(OCCCN)CC2)sc1-c1cccc(Cl)c1.Cl. The molecule has 0 saturated carbocycles. The first-order valence-electron chi connectivity index (χ1n) is 9.06. The second kappa shape index (κ2) is 10.4. The fourth-order valence-electron chi connectivity index (χ4n) is 3.22. The van der Waals surface area contributed by atoms with Gasteiger partial charge < -0.3 is 15.4 Å². The summed E-state index contributed by atoms with van der Waals surface area (Å²) >= 11 is 7.65. The number of nitrogens with zero attached hydrogens (tertiary/aromatic N) is 1. The van der Waals surface area contributed by atoms with Crippen molar-refractivity contribution in [2.75, 3.05) is 26.2 Å². The lowest BCUT2D eigenvalue weighted by molar-refractivity contribution is 0.00857. The molecule has 0 unspecified atom stereocenters. The highest BCUT2D eigenvalue weighted by molar-refractivity contribution is 7.17. The first kappa shape index (κ1) is 22.2. The molecular formula is C20H26Cl2N2O2S. The molecule has 148 valence electrons. The highest BCUT2D eigenvalue weighted by atomic mass is 35.5. The zero-order chi connectivity index (χ0) is 18.5. The van der Waals surface area contributed by atoms with Crippen molar-refractivity contribution >= 4 is 41.3 Å². The van der Waals surface area contributed by atoms with Gasteiger partial charge in [-0.2, -0.15) is 0 Å². The lowest BCUT2D eigenvalue weighted by Crippen LogP contribution is -2.40. The first-order valence-corrected chi connectivity index (χ1v) is 10.2. The Morgan fingerprint density at radius 2 is 2.07 bits per heavy atom. The molecule has 0 aliphatic carbocycles. The van der Waals surface area contributed by atoms with Crippen LogP contribution in [0.1, 0.15) is 34.5 Å². The highest BCUT2D eigenvalue weighted by Crippen LogP contribution is 2.34. The van der Waals surface area contributed by atoms with Gasteiger partial charge in [0, 0.05) is 29.6 Å². The highest BCUT2D eigenvalue weighted by Gasteiger charge is 2.25. The molecule has 3 rings (SSSR count). The number of aryl methyl sites for hydroxylation is 1. The maximum Gasteiger partial charge on any atom is 0.263 e. The fourth-order valence-corrected chi connectivity index (χ4v) is 4.55. The quantitative estimate of drug-likeness (QED) is 0.673. The van der Waals surface area contributed by atoms with Gasteiger partial charge in [-0.1, -0.05) is 23.7 Å². The molecule has 2 N–H and O–H groups in total. The number of halogens is 2. The number of thiophene rings is 1. The zero-order valence-electron chi connectivity index (χ0n) is 15.4. The van der Waals surface area contributed by atoms with Gasteiger partial charge in [-0.15, -0.1) is 23.7 Å². The summed E-state index contributed by atoms with van der Waals surface area (Å²) in [6, 6.07) is 9.77. The summed E-state index contributed by atoms with van der Waals surface area (Å²) < 4.78 is 5.82. The molecule has 1 aliphatic heterocycles. The molecule has 1 aromatic carbocycles. The molecule has 0 spiro atoms. The minimum Gasteiger partial charge on any atom is -0.378 e. The predicted octanol–water partition coefficient (Wildman–Crippen LogP) is 4.77. The number of carbonyl (C=O) groups is 1. The van der Waals surface area contributed by atoms with Crippen LogP contribution in [0, 0.1) is 6.92 Å². The van der Waals surface area contributed by atoms with Crippen molar-refractivity contribution in [1.29, 1.82) is 0 Å². The van der Waals surface area contributed by atoms with Crippen LogP contribution < -0.4 is 5.73 Å². The second-order valence-electron chi connectivity index (χ2n) is 6.64. The number of likely N-dealkylation sites (tertiary alicyclic amines) is 1. The fraction of sp³-hybridized carbons (Fsp3) is 0.450. The number of amides is 1. The number of rotatable bonds is 6. The van der Waals surface area contributed by atoms with Gasteiger partial charge >= 0.3 is 0 Å². The van der Waals surface area contributed by atoms with Crippen LogP contribution >= 0.6 is 35.3 Å². The van der Waals surface area contributed by atoms with Gasteiger partial charge in [0.05, 0.1) is 11.0 Å². The summed E-state index contributed by atoms with van der Waals surface area (Å²) in [5.74, 6) is 0.117. The third kappa shape index (κ3) is 5.69. The Bertz CT molecular complexity index is 758. The molecule has 7 heteroatoms. The average molecular weight is 429 g/mol. The van der Waals surface area contributed by atoms with E-state index in [-0.39, 0.29) is 24.4 Å². The summed E-state index contributed by atoms with van der Waals surface area (Å²) in [5, 5.41) is 0.708. The molecule has 2 heterocycles. The summed E-state index contributed by atoms with van der Waals surface area (Å²) in [6.07, 6.45) is 2.92. The smallest absolute Gasteiger partial charge is 0.263 e. The summed E-state index contributed by atoms with van der Waals surface area (Å²) in [7, 11) is 0. The van der Waals surface area contributed by atoms with Crippen LogP contribution in [-0.2, 0) is 4.74 Å². The number of hydrogen-bond acceptors (Lipinski definition) is 4. The third-order valence-electron chi connectivity index (χ3n) is 4.65. The third-order valence-corrected chi connectivity index (χ3v) is 6.16. The number of nitrogens with two attached hydrogens (primary N) is 1. The van der Waals surface area contributed by atoms with Gasteiger partial charge in [-0.25, -0.2) is 0 Å². The van der Waals surface area contributed by atoms with Crippen molar-refractivity contribution in [2.24, 2.45) is 5.73 Å². The van der Waals surface area contributed by atoms with Crippen molar-refractivity contribution in [3.05, 3.63) is 45.8 Å². The second-order valence-corrected chi connectivity index (χ2v) is 8.13. The molecule has 1 amide bonds. The van der Waals surface area contributed by atoms with E-state index in [4.69, 9.17) is 22.1 Å². The average Bonchev–Trinajstić information content (AvgIpc) is 3.04. The number of benzene rings is 1. The van der Waals surface area contributed by atoms with Crippen molar-refractivity contribution < 1.29 is 9.53 Å². The minimum absolute atomic E-state index is 0. The van der Waals surface area contributed by atoms with Gasteiger partial charge in [-0.05, 0) is 62.1 Å². The van der Waals surface area contributed by atoms with E-state index in [1.807, 2.05) is 42.2 Å². The van der Waals surface area contributed by atoms with Crippen molar-refractivity contribution in [3.63, 3.8) is 0 Å². The van der Waals surface area contributed by atoms with Crippen LogP contribution in [0.25, 0.3) is 10.4 Å². The first-order chi connectivity index (χ1) is 12.6. The molecule has 4 nitrogen and oxygen atoms in total. The molecule has 27 heavy (non-hydrogen) atoms. The van der Waals surface area contributed by atoms with Gasteiger partial charge in [0.1, 0.15) is 0 Å². The Morgan fingerprint density at radius 3 is 2.74 bits per heavy atom. The van der Waals surface area contributed by atoms with Crippen LogP contribution in [0.15, 0.2) is 30.3 Å². The maximum absolute atomic E-state index is 12.9. The lowest BCUT2D eigenvalue weighted by atomic mass is 10.1. The zero-order valence-corrected chi connectivity index (χ0v) is 17.8. The maximum atomic E-state index is 12.9. The summed E-state index contributed by atoms with van der Waals surface area (Å²) in [4.78, 5) is 16.7. The van der Waals surface area contributed by atoms with E-state index in [2.05, 4.69) is 0 Å². The van der Waals surface area contributed by atoms with Crippen LogP contribution in [0.2, 0.25) is 5.02 Å². The van der Waals surface area contributed by atoms with Crippen LogP contribution in [-0.4, -0.2) is 43.2 Å². The Kier molecular flexibility index (Phi) is 8.58. The van der Waals surface area contributed by atoms with E-state index >= 15 is 0 Å². The number of piperidine rings is 1. The van der Waals surface area contributed by atoms with Gasteiger partial charge in [0.25, 0.3) is 5.91 Å². The van der Waals surface area contributed by atoms with Crippen LogP contribution in [0.5, 0.6) is 0 Å². The molecule has 0 bridgehead atoms. The number of carbonyl (C=O) groups excluding carboxylic acids is 1. The van der Waals surface area contributed by atoms with Crippen molar-refractivity contribution in [3.8, 4) is 10.4 Å². The molecular weight excluding hydrogens is 403 g/mol. The van der Waals surface area contributed by atoms with Gasteiger partial charge in [0.15, 0.2) is 0 Å². The molecule has 0 atom stereocenters. The summed E-state index contributed by atoms with van der Waals surface area (Å²) in [5.41, 5.74) is 7.67. The largest absolute Gasteiger partial charge is 0.378 e. The molecule has 2 aromatic rings. The van der Waals surface area contributed by atoms with E-state index in [9.17, 15) is 4.79 Å². The Labute approximate surface area is 176 Å². The number of hydrogen-bond donors (Lipinski definition) is 1. The molecule has 0 radical (unpaired) electrons. The van der Waals surface area contributed by atoms with Crippen molar-refractivity contribution in [2.45, 2.75) is 32.3 Å². The predicted molar refractivity (Wildman–Crippen MR) is 115 cm³/mol. The van der Waals surface area contributed by atoms with Crippen LogP contribution in [0.3, 0.4) is 0 Å². The minimum atomic E-state index is 0. The van der Waals surface area contributed by atoms with E-state index < -0.39 is 0 Å². The van der Waals surface area contributed by atoms with Gasteiger partial charge in [-0.3, -0.25) is 4.79 Å².